The van der Waals surface area contributed by atoms with E-state index in [1.54, 1.807) is 4.90 Å². The molecule has 0 radical (unpaired) electrons. The number of benzene rings is 2. The molecule has 5 heteroatoms. The summed E-state index contributed by atoms with van der Waals surface area (Å²) in [6.45, 7) is 1.83. The number of carbonyl (C=O) groups excluding carboxylic acids is 2. The average molecular weight is 284 g/mol. The lowest BCUT2D eigenvalue weighted by Gasteiger charge is -2.15. The Balaban J connectivity index is 1.80. The van der Waals surface area contributed by atoms with Crippen LogP contribution in [0.2, 0.25) is 0 Å². The second kappa shape index (κ2) is 5.54. The Morgan fingerprint density at radius 1 is 1.29 bits per heavy atom. The van der Waals surface area contributed by atoms with Gasteiger partial charge in [-0.3, -0.25) is 14.5 Å². The van der Waals surface area contributed by atoms with E-state index in [2.05, 4.69) is 5.32 Å². The van der Waals surface area contributed by atoms with E-state index in [9.17, 15) is 9.59 Å². The summed E-state index contributed by atoms with van der Waals surface area (Å²) >= 11 is 0. The second-order valence-electron chi connectivity index (χ2n) is 5.02. The van der Waals surface area contributed by atoms with Gasteiger partial charge in [-0.1, -0.05) is 30.3 Å². The van der Waals surface area contributed by atoms with Crippen molar-refractivity contribution in [2.24, 2.45) is 0 Å². The maximum Gasteiger partial charge on any atom is 0.259 e. The van der Waals surface area contributed by atoms with Crippen LogP contribution in [0, 0.1) is 0 Å². The molecular weight excluding hydrogens is 268 g/mol. The van der Waals surface area contributed by atoms with Gasteiger partial charge in [0.15, 0.2) is 6.10 Å². The first-order valence-electron chi connectivity index (χ1n) is 6.81. The fraction of sp³-hybridized carbons (Fsp3) is 0.250. The first kappa shape index (κ1) is 13.6. The summed E-state index contributed by atoms with van der Waals surface area (Å²) in [4.78, 5) is 24.8. The fourth-order valence-electron chi connectivity index (χ4n) is 2.40. The summed E-state index contributed by atoms with van der Waals surface area (Å²) in [5, 5.41) is 4.81. The molecule has 0 aromatic heterocycles. The number of hydrogen-bond donors (Lipinski definition) is 1. The van der Waals surface area contributed by atoms with E-state index in [0.29, 0.717) is 0 Å². The van der Waals surface area contributed by atoms with Crippen molar-refractivity contribution >= 4 is 28.3 Å². The Labute approximate surface area is 122 Å². The van der Waals surface area contributed by atoms with Crippen molar-refractivity contribution in [2.75, 3.05) is 18.2 Å². The standard InChI is InChI=1S/C16H16N2O3/c1-11(19)17-9-15-16(20)18(10-21-15)14-7-6-12-4-2-3-5-13(12)8-14/h2-8,15H,9-10H2,1H3,(H,17,19). The summed E-state index contributed by atoms with van der Waals surface area (Å²) in [6.07, 6.45) is -0.611. The van der Waals surface area contributed by atoms with Crippen molar-refractivity contribution in [3.8, 4) is 0 Å². The third-order valence-corrected chi connectivity index (χ3v) is 3.53. The molecule has 0 spiro atoms. The van der Waals surface area contributed by atoms with Gasteiger partial charge >= 0.3 is 0 Å². The molecule has 1 aliphatic rings. The van der Waals surface area contributed by atoms with Crippen LogP contribution in [0.1, 0.15) is 6.92 Å². The van der Waals surface area contributed by atoms with Crippen LogP contribution in [0.5, 0.6) is 0 Å². The zero-order chi connectivity index (χ0) is 14.8. The molecular formula is C16H16N2O3. The predicted molar refractivity (Wildman–Crippen MR) is 79.9 cm³/mol. The lowest BCUT2D eigenvalue weighted by molar-refractivity contribution is -0.123. The maximum absolute atomic E-state index is 12.3. The highest BCUT2D eigenvalue weighted by Gasteiger charge is 2.33. The van der Waals surface area contributed by atoms with Crippen LogP contribution in [0.25, 0.3) is 10.8 Å². The average Bonchev–Trinajstić information content (AvgIpc) is 2.85. The first-order chi connectivity index (χ1) is 10.1. The number of nitrogens with one attached hydrogen (secondary N) is 1. The van der Waals surface area contributed by atoms with E-state index in [0.717, 1.165) is 16.5 Å². The molecule has 1 atom stereocenters. The number of fused-ring (bicyclic) bond motifs is 1. The van der Waals surface area contributed by atoms with Crippen LogP contribution < -0.4 is 10.2 Å². The molecule has 3 rings (SSSR count). The molecule has 1 fully saturated rings. The van der Waals surface area contributed by atoms with Gasteiger partial charge in [0.2, 0.25) is 5.91 Å². The van der Waals surface area contributed by atoms with Crippen LogP contribution in [0.15, 0.2) is 42.5 Å². The topological polar surface area (TPSA) is 58.6 Å². The van der Waals surface area contributed by atoms with Crippen molar-refractivity contribution in [2.45, 2.75) is 13.0 Å². The van der Waals surface area contributed by atoms with Crippen molar-refractivity contribution in [1.29, 1.82) is 0 Å². The molecule has 2 amide bonds. The van der Waals surface area contributed by atoms with Gasteiger partial charge in [-0.25, -0.2) is 0 Å². The van der Waals surface area contributed by atoms with E-state index in [1.165, 1.54) is 6.92 Å². The molecule has 1 heterocycles. The van der Waals surface area contributed by atoms with Gasteiger partial charge in [0, 0.05) is 12.6 Å². The summed E-state index contributed by atoms with van der Waals surface area (Å²) in [7, 11) is 0. The van der Waals surface area contributed by atoms with Gasteiger partial charge in [0.25, 0.3) is 5.91 Å². The molecule has 1 saturated heterocycles. The molecule has 0 saturated carbocycles. The summed E-state index contributed by atoms with van der Waals surface area (Å²) in [5.41, 5.74) is 0.809. The molecule has 21 heavy (non-hydrogen) atoms. The van der Waals surface area contributed by atoms with E-state index >= 15 is 0 Å². The molecule has 0 aliphatic carbocycles. The highest BCUT2D eigenvalue weighted by Crippen LogP contribution is 2.25. The lowest BCUT2D eigenvalue weighted by Crippen LogP contribution is -2.37. The molecule has 2 aromatic rings. The van der Waals surface area contributed by atoms with Crippen LogP contribution in [0.3, 0.4) is 0 Å². The van der Waals surface area contributed by atoms with E-state index in [-0.39, 0.29) is 25.1 Å². The van der Waals surface area contributed by atoms with Crippen molar-refractivity contribution in [1.82, 2.24) is 5.32 Å². The lowest BCUT2D eigenvalue weighted by atomic mass is 10.1. The largest absolute Gasteiger partial charge is 0.353 e. The molecule has 1 unspecified atom stereocenters. The number of anilines is 1. The maximum atomic E-state index is 12.3. The highest BCUT2D eigenvalue weighted by molar-refractivity contribution is 6.00. The normalized spacial score (nSPS) is 18.2. The van der Waals surface area contributed by atoms with Gasteiger partial charge in [-0.05, 0) is 22.9 Å². The molecule has 1 N–H and O–H groups in total. The van der Waals surface area contributed by atoms with Crippen LogP contribution >= 0.6 is 0 Å². The highest BCUT2D eigenvalue weighted by atomic mass is 16.5. The molecule has 1 aliphatic heterocycles. The Bertz CT molecular complexity index is 699. The summed E-state index contributed by atoms with van der Waals surface area (Å²) < 4.78 is 5.46. The summed E-state index contributed by atoms with van der Waals surface area (Å²) in [5.74, 6) is -0.297. The molecule has 5 nitrogen and oxygen atoms in total. The van der Waals surface area contributed by atoms with E-state index < -0.39 is 6.10 Å². The minimum absolute atomic E-state index is 0.126. The molecule has 2 aromatic carbocycles. The second-order valence-corrected chi connectivity index (χ2v) is 5.02. The van der Waals surface area contributed by atoms with Gasteiger partial charge < -0.3 is 10.1 Å². The Kier molecular flexibility index (Phi) is 3.58. The van der Waals surface area contributed by atoms with Gasteiger partial charge in [-0.2, -0.15) is 0 Å². The predicted octanol–water partition coefficient (Wildman–Crippen LogP) is 1.67. The van der Waals surface area contributed by atoms with Crippen LogP contribution in [-0.4, -0.2) is 31.2 Å². The zero-order valence-corrected chi connectivity index (χ0v) is 11.7. The van der Waals surface area contributed by atoms with E-state index in [4.69, 9.17) is 4.74 Å². The minimum Gasteiger partial charge on any atom is -0.353 e. The number of ether oxygens (including phenoxy) is 1. The number of amides is 2. The zero-order valence-electron chi connectivity index (χ0n) is 11.7. The van der Waals surface area contributed by atoms with Crippen LogP contribution in [-0.2, 0) is 14.3 Å². The summed E-state index contributed by atoms with van der Waals surface area (Å²) in [6, 6.07) is 13.8. The Morgan fingerprint density at radius 2 is 2.05 bits per heavy atom. The molecule has 108 valence electrons. The Morgan fingerprint density at radius 3 is 2.81 bits per heavy atom. The number of hydrogen-bond acceptors (Lipinski definition) is 3. The minimum atomic E-state index is -0.611. The number of rotatable bonds is 3. The van der Waals surface area contributed by atoms with Crippen molar-refractivity contribution in [3.05, 3.63) is 42.5 Å². The molecule has 0 bridgehead atoms. The third-order valence-electron chi connectivity index (χ3n) is 3.53. The first-order valence-corrected chi connectivity index (χ1v) is 6.81. The Hall–Kier alpha value is -2.40. The van der Waals surface area contributed by atoms with Crippen LogP contribution in [0.4, 0.5) is 5.69 Å². The monoisotopic (exact) mass is 284 g/mol. The van der Waals surface area contributed by atoms with Crippen molar-refractivity contribution in [3.63, 3.8) is 0 Å². The number of carbonyl (C=O) groups is 2. The third kappa shape index (κ3) is 2.73. The van der Waals surface area contributed by atoms with Crippen molar-refractivity contribution < 1.29 is 14.3 Å². The quantitative estimate of drug-likeness (QED) is 0.932. The SMILES string of the molecule is CC(=O)NCC1OCN(c2ccc3ccccc3c2)C1=O. The van der Waals surface area contributed by atoms with Gasteiger partial charge in [-0.15, -0.1) is 0 Å². The van der Waals surface area contributed by atoms with E-state index in [1.807, 2.05) is 42.5 Å². The van der Waals surface area contributed by atoms with Gasteiger partial charge in [0.05, 0.1) is 6.54 Å². The number of nitrogens with zero attached hydrogens (tertiary/aromatic N) is 1. The van der Waals surface area contributed by atoms with Gasteiger partial charge in [0.1, 0.15) is 6.73 Å². The smallest absolute Gasteiger partial charge is 0.259 e. The fourth-order valence-corrected chi connectivity index (χ4v) is 2.40.